The monoisotopic (exact) mass is 1510 g/mol. The number of phosphoric acid groups is 2. The highest BCUT2D eigenvalue weighted by atomic mass is 31.2. The number of aliphatic hydroxyl groups excluding tert-OH is 1. The second kappa shape index (κ2) is 75.5. The van der Waals surface area contributed by atoms with Gasteiger partial charge in [0.25, 0.3) is 0 Å². The van der Waals surface area contributed by atoms with Gasteiger partial charge >= 0.3 is 39.5 Å². The smallest absolute Gasteiger partial charge is 0.462 e. The van der Waals surface area contributed by atoms with Crippen LogP contribution in [0, 0.1) is 11.8 Å². The number of rotatable bonds is 83. The van der Waals surface area contributed by atoms with Crippen LogP contribution in [0.1, 0.15) is 446 Å². The Morgan fingerprint density at radius 3 is 0.660 bits per heavy atom. The fourth-order valence-corrected chi connectivity index (χ4v) is 14.6. The molecule has 19 heteroatoms. The Hall–Kier alpha value is -1.94. The van der Waals surface area contributed by atoms with Crippen LogP contribution in [0.4, 0.5) is 0 Å². The van der Waals surface area contributed by atoms with Crippen LogP contribution in [0.15, 0.2) is 0 Å². The predicted molar refractivity (Wildman–Crippen MR) is 423 cm³/mol. The van der Waals surface area contributed by atoms with Crippen molar-refractivity contribution in [3.63, 3.8) is 0 Å². The molecule has 2 unspecified atom stereocenters. The van der Waals surface area contributed by atoms with E-state index in [4.69, 9.17) is 37.0 Å². The highest BCUT2D eigenvalue weighted by Gasteiger charge is 2.30. The zero-order valence-electron chi connectivity index (χ0n) is 67.6. The average molecular weight is 1510 g/mol. The summed E-state index contributed by atoms with van der Waals surface area (Å²) in [6.07, 6.45) is 66.6. The molecule has 17 nitrogen and oxygen atoms in total. The van der Waals surface area contributed by atoms with E-state index in [1.807, 2.05) is 0 Å². The molecule has 612 valence electrons. The standard InChI is InChI=1S/C84H164O17P2/c1-7-9-11-13-15-17-19-20-21-24-28-31-37-43-49-55-61-67-82(87)95-73-80(101-83(88)68-62-56-50-44-38-32-29-26-23-22-25-27-30-35-40-46-52-58-64-76(3)4)75-99-103(92,93)97-71-78(85)70-96-102(90,91)98-74-79(72-94-81(86)66-60-54-48-42-18-16-14-12-10-8-2)100-84(89)69-63-57-51-45-39-34-33-36-41-47-53-59-65-77(5)6/h76-80,85H,7-75H2,1-6H3,(H,90,91)(H,92,93)/t78-,79+,80+/m0/s1. The Labute approximate surface area is 632 Å². The number of ether oxygens (including phenoxy) is 4. The van der Waals surface area contributed by atoms with E-state index in [0.717, 1.165) is 102 Å². The van der Waals surface area contributed by atoms with Crippen LogP contribution in [0.25, 0.3) is 0 Å². The summed E-state index contributed by atoms with van der Waals surface area (Å²) >= 11 is 0. The number of carbonyl (C=O) groups is 4. The minimum atomic E-state index is -4.96. The van der Waals surface area contributed by atoms with Crippen LogP contribution in [-0.2, 0) is 65.4 Å². The van der Waals surface area contributed by atoms with Crippen molar-refractivity contribution >= 4 is 39.5 Å². The highest BCUT2D eigenvalue weighted by molar-refractivity contribution is 7.47. The maximum Gasteiger partial charge on any atom is 0.472 e. The van der Waals surface area contributed by atoms with E-state index in [2.05, 4.69) is 41.5 Å². The molecule has 0 saturated heterocycles. The SMILES string of the molecule is CCCCCCCCCCCCCCCCCCCC(=O)OC[C@H](COP(=O)(O)OC[C@@H](O)COP(=O)(O)OC[C@@H](COC(=O)CCCCCCCCCCCC)OC(=O)CCCCCCCCCCCCCCC(C)C)OC(=O)CCCCCCCCCCCCCCCCCCCCC(C)C. The molecule has 0 heterocycles. The Morgan fingerprint density at radius 1 is 0.262 bits per heavy atom. The van der Waals surface area contributed by atoms with Gasteiger partial charge in [0.1, 0.15) is 19.3 Å². The lowest BCUT2D eigenvalue weighted by molar-refractivity contribution is -0.161. The van der Waals surface area contributed by atoms with Gasteiger partial charge in [-0.3, -0.25) is 37.3 Å². The molecule has 0 amide bonds. The summed E-state index contributed by atoms with van der Waals surface area (Å²) in [5.74, 6) is -0.507. The molecule has 103 heavy (non-hydrogen) atoms. The van der Waals surface area contributed by atoms with Crippen molar-refractivity contribution in [2.75, 3.05) is 39.6 Å². The zero-order valence-corrected chi connectivity index (χ0v) is 69.4. The van der Waals surface area contributed by atoms with E-state index in [9.17, 15) is 43.2 Å². The molecule has 0 aromatic rings. The van der Waals surface area contributed by atoms with E-state index in [1.54, 1.807) is 0 Å². The summed E-state index contributed by atoms with van der Waals surface area (Å²) in [4.78, 5) is 73.1. The Morgan fingerprint density at radius 2 is 0.447 bits per heavy atom. The van der Waals surface area contributed by atoms with Crippen molar-refractivity contribution in [3.05, 3.63) is 0 Å². The number of carbonyl (C=O) groups excluding carboxylic acids is 4. The molecule has 0 aromatic heterocycles. The minimum Gasteiger partial charge on any atom is -0.462 e. The van der Waals surface area contributed by atoms with Crippen LogP contribution in [0.2, 0.25) is 0 Å². The minimum absolute atomic E-state index is 0.107. The fourth-order valence-electron chi connectivity index (χ4n) is 13.1. The summed E-state index contributed by atoms with van der Waals surface area (Å²) in [6.45, 7) is 9.70. The Balaban J connectivity index is 5.22. The van der Waals surface area contributed by atoms with Crippen molar-refractivity contribution < 1.29 is 80.2 Å². The number of aliphatic hydroxyl groups is 1. The third-order valence-corrected chi connectivity index (χ3v) is 21.6. The van der Waals surface area contributed by atoms with Crippen molar-refractivity contribution in [1.29, 1.82) is 0 Å². The maximum atomic E-state index is 13.1. The van der Waals surface area contributed by atoms with Crippen molar-refractivity contribution in [1.82, 2.24) is 0 Å². The fraction of sp³-hybridized carbons (Fsp3) is 0.952. The molecule has 0 spiro atoms. The van der Waals surface area contributed by atoms with Crippen molar-refractivity contribution in [2.24, 2.45) is 11.8 Å². The van der Waals surface area contributed by atoms with Gasteiger partial charge < -0.3 is 33.8 Å². The van der Waals surface area contributed by atoms with E-state index < -0.39 is 97.5 Å². The number of phosphoric ester groups is 2. The zero-order chi connectivity index (χ0) is 75.6. The molecule has 0 aliphatic heterocycles. The third-order valence-electron chi connectivity index (χ3n) is 19.7. The molecule has 0 rings (SSSR count). The lowest BCUT2D eigenvalue weighted by atomic mass is 10.0. The quantitative estimate of drug-likeness (QED) is 0.0222. The van der Waals surface area contributed by atoms with Gasteiger partial charge in [-0.1, -0.05) is 395 Å². The predicted octanol–water partition coefficient (Wildman–Crippen LogP) is 25.5. The molecule has 5 atom stereocenters. The largest absolute Gasteiger partial charge is 0.472 e. The average Bonchev–Trinajstić information content (AvgIpc) is 0.918. The van der Waals surface area contributed by atoms with Crippen LogP contribution < -0.4 is 0 Å². The van der Waals surface area contributed by atoms with Gasteiger partial charge in [0, 0.05) is 25.7 Å². The van der Waals surface area contributed by atoms with Crippen molar-refractivity contribution in [3.8, 4) is 0 Å². The van der Waals surface area contributed by atoms with Crippen LogP contribution in [0.5, 0.6) is 0 Å². The molecule has 0 aromatic carbocycles. The van der Waals surface area contributed by atoms with E-state index in [-0.39, 0.29) is 25.7 Å². The first-order valence-corrected chi connectivity index (χ1v) is 46.5. The third kappa shape index (κ3) is 78.0. The van der Waals surface area contributed by atoms with Gasteiger partial charge in [0.2, 0.25) is 0 Å². The van der Waals surface area contributed by atoms with Crippen LogP contribution >= 0.6 is 15.6 Å². The van der Waals surface area contributed by atoms with Crippen LogP contribution in [0.3, 0.4) is 0 Å². The number of hydrogen-bond donors (Lipinski definition) is 3. The molecule has 3 N–H and O–H groups in total. The lowest BCUT2D eigenvalue weighted by Crippen LogP contribution is -2.30. The number of esters is 4. The first-order chi connectivity index (χ1) is 49.9. The summed E-state index contributed by atoms with van der Waals surface area (Å²) in [6, 6.07) is 0. The Bertz CT molecular complexity index is 1980. The molecule has 0 radical (unpaired) electrons. The first kappa shape index (κ1) is 101. The van der Waals surface area contributed by atoms with E-state index in [0.29, 0.717) is 25.7 Å². The van der Waals surface area contributed by atoms with Gasteiger partial charge in [-0.2, -0.15) is 0 Å². The lowest BCUT2D eigenvalue weighted by Gasteiger charge is -2.21. The van der Waals surface area contributed by atoms with Gasteiger partial charge in [-0.05, 0) is 37.5 Å². The van der Waals surface area contributed by atoms with Gasteiger partial charge in [0.05, 0.1) is 26.4 Å². The second-order valence-electron chi connectivity index (χ2n) is 31.2. The van der Waals surface area contributed by atoms with E-state index in [1.165, 1.54) is 263 Å². The normalized spacial score (nSPS) is 13.9. The van der Waals surface area contributed by atoms with Gasteiger partial charge in [-0.15, -0.1) is 0 Å². The molecule has 0 bridgehead atoms. The topological polar surface area (TPSA) is 237 Å². The molecular weight excluding hydrogens is 1340 g/mol. The molecule has 0 aliphatic rings. The Kier molecular flexibility index (Phi) is 74.1. The van der Waals surface area contributed by atoms with E-state index >= 15 is 0 Å². The van der Waals surface area contributed by atoms with Crippen LogP contribution in [-0.4, -0.2) is 96.7 Å². The summed E-state index contributed by atoms with van der Waals surface area (Å²) in [5.41, 5.74) is 0. The highest BCUT2D eigenvalue weighted by Crippen LogP contribution is 2.45. The number of unbranched alkanes of at least 4 members (excludes halogenated alkanes) is 53. The molecule has 0 saturated carbocycles. The van der Waals surface area contributed by atoms with Gasteiger partial charge in [0.15, 0.2) is 12.2 Å². The second-order valence-corrected chi connectivity index (χ2v) is 34.1. The molecule has 0 aliphatic carbocycles. The first-order valence-electron chi connectivity index (χ1n) is 43.5. The molecular formula is C84H164O17P2. The number of hydrogen-bond acceptors (Lipinski definition) is 15. The maximum absolute atomic E-state index is 13.1. The molecule has 0 fully saturated rings. The summed E-state index contributed by atoms with van der Waals surface area (Å²) in [5, 5.41) is 10.7. The summed E-state index contributed by atoms with van der Waals surface area (Å²) in [7, 11) is -9.92. The van der Waals surface area contributed by atoms with Gasteiger partial charge in [-0.25, -0.2) is 9.13 Å². The summed E-state index contributed by atoms with van der Waals surface area (Å²) < 4.78 is 68.8. The van der Waals surface area contributed by atoms with Crippen molar-refractivity contribution in [2.45, 2.75) is 464 Å².